The summed E-state index contributed by atoms with van der Waals surface area (Å²) in [7, 11) is 0. The van der Waals surface area contributed by atoms with Crippen molar-refractivity contribution in [2.24, 2.45) is 0 Å². The number of amides is 2. The van der Waals surface area contributed by atoms with Crippen molar-refractivity contribution in [3.05, 3.63) is 58.3 Å². The van der Waals surface area contributed by atoms with Gasteiger partial charge in [-0.15, -0.1) is 11.3 Å². The van der Waals surface area contributed by atoms with E-state index in [0.29, 0.717) is 17.0 Å². The van der Waals surface area contributed by atoms with Crippen LogP contribution in [0.1, 0.15) is 39.8 Å². The van der Waals surface area contributed by atoms with E-state index in [0.717, 1.165) is 12.8 Å². The Morgan fingerprint density at radius 3 is 2.46 bits per heavy atom. The first kappa shape index (κ1) is 17.9. The van der Waals surface area contributed by atoms with Crippen molar-refractivity contribution in [3.63, 3.8) is 0 Å². The number of thiophene rings is 1. The summed E-state index contributed by atoms with van der Waals surface area (Å²) in [5, 5.41) is 7.04. The van der Waals surface area contributed by atoms with Crippen LogP contribution in [0.3, 0.4) is 0 Å². The number of carbonyl (C=O) groups is 3. The lowest BCUT2D eigenvalue weighted by atomic mass is 10.0. The summed E-state index contributed by atoms with van der Waals surface area (Å²) in [5.74, 6) is -1.33. The third kappa shape index (κ3) is 4.76. The lowest BCUT2D eigenvalue weighted by Crippen LogP contribution is -2.51. The molecule has 0 aliphatic carbocycles. The second-order valence-corrected chi connectivity index (χ2v) is 6.21. The molecule has 2 N–H and O–H groups in total. The van der Waals surface area contributed by atoms with Crippen molar-refractivity contribution in [1.29, 1.82) is 0 Å². The molecule has 24 heavy (non-hydrogen) atoms. The maximum Gasteiger partial charge on any atom is 0.262 e. The molecule has 1 unspecified atom stereocenters. The Hall–Kier alpha value is -2.47. The van der Waals surface area contributed by atoms with Gasteiger partial charge in [-0.25, -0.2) is 0 Å². The summed E-state index contributed by atoms with van der Waals surface area (Å²) in [4.78, 5) is 37.8. The number of benzene rings is 1. The van der Waals surface area contributed by atoms with Crippen molar-refractivity contribution in [2.75, 3.05) is 6.54 Å². The van der Waals surface area contributed by atoms with Gasteiger partial charge in [-0.3, -0.25) is 14.4 Å². The number of rotatable bonds is 8. The summed E-state index contributed by atoms with van der Waals surface area (Å²) in [5.41, 5.74) is 0.389. The Morgan fingerprint density at radius 2 is 1.83 bits per heavy atom. The average Bonchev–Trinajstić information content (AvgIpc) is 3.14. The minimum atomic E-state index is -1.24. The zero-order chi connectivity index (χ0) is 17.4. The fourth-order valence-electron chi connectivity index (χ4n) is 2.12. The van der Waals surface area contributed by atoms with Crippen LogP contribution in [0.4, 0.5) is 0 Å². The molecule has 0 saturated carbocycles. The Bertz CT molecular complexity index is 684. The summed E-state index contributed by atoms with van der Waals surface area (Å²) in [6, 6.07) is 10.7. The largest absolute Gasteiger partial charge is 0.354 e. The number of unbranched alkanes of at least 4 members (excludes halogenated alkanes) is 1. The Morgan fingerprint density at radius 1 is 1.08 bits per heavy atom. The first-order valence-electron chi connectivity index (χ1n) is 7.84. The van der Waals surface area contributed by atoms with Crippen LogP contribution in [-0.2, 0) is 4.79 Å². The molecule has 126 valence electrons. The van der Waals surface area contributed by atoms with Gasteiger partial charge in [-0.1, -0.05) is 49.7 Å². The van der Waals surface area contributed by atoms with Crippen molar-refractivity contribution in [2.45, 2.75) is 25.8 Å². The normalized spacial score (nSPS) is 11.5. The second kappa shape index (κ2) is 8.98. The van der Waals surface area contributed by atoms with Crippen LogP contribution in [0.25, 0.3) is 0 Å². The molecule has 2 amide bonds. The molecular weight excluding hydrogens is 324 g/mol. The predicted molar refractivity (Wildman–Crippen MR) is 94.3 cm³/mol. The monoisotopic (exact) mass is 344 g/mol. The molecule has 2 aromatic rings. The van der Waals surface area contributed by atoms with Gasteiger partial charge >= 0.3 is 0 Å². The number of nitrogens with one attached hydrogen (secondary N) is 2. The zero-order valence-electron chi connectivity index (χ0n) is 13.5. The smallest absolute Gasteiger partial charge is 0.262 e. The number of Topliss-reactive ketones (excluding diaryl/α,β-unsaturated/α-hetero) is 1. The van der Waals surface area contributed by atoms with Crippen molar-refractivity contribution < 1.29 is 14.4 Å². The van der Waals surface area contributed by atoms with E-state index >= 15 is 0 Å². The standard InChI is InChI=1S/C18H20N2O3S/c1-2-3-11-19-18(23)15(16(21)13-8-5-4-6-9-13)20-17(22)14-10-7-12-24-14/h4-10,12,15H,2-3,11H2,1H3,(H,19,23)(H,20,22). The van der Waals surface area contributed by atoms with E-state index in [9.17, 15) is 14.4 Å². The summed E-state index contributed by atoms with van der Waals surface area (Å²) < 4.78 is 0. The number of hydrogen-bond donors (Lipinski definition) is 2. The molecular formula is C18H20N2O3S. The third-order valence-electron chi connectivity index (χ3n) is 3.43. The van der Waals surface area contributed by atoms with E-state index in [-0.39, 0.29) is 0 Å². The van der Waals surface area contributed by atoms with Gasteiger partial charge in [0.1, 0.15) is 0 Å². The lowest BCUT2D eigenvalue weighted by molar-refractivity contribution is -0.121. The van der Waals surface area contributed by atoms with Gasteiger partial charge in [-0.05, 0) is 17.9 Å². The van der Waals surface area contributed by atoms with Crippen molar-refractivity contribution in [3.8, 4) is 0 Å². The lowest BCUT2D eigenvalue weighted by Gasteiger charge is -2.17. The molecule has 1 aromatic heterocycles. The van der Waals surface area contributed by atoms with E-state index in [1.54, 1.807) is 47.8 Å². The van der Waals surface area contributed by atoms with Crippen molar-refractivity contribution >= 4 is 28.9 Å². The first-order chi connectivity index (χ1) is 11.6. The number of ketones is 1. The molecule has 0 saturated heterocycles. The quantitative estimate of drug-likeness (QED) is 0.439. The molecule has 0 bridgehead atoms. The van der Waals surface area contributed by atoms with Crippen LogP contribution in [0.15, 0.2) is 47.8 Å². The highest BCUT2D eigenvalue weighted by molar-refractivity contribution is 7.12. The predicted octanol–water partition coefficient (Wildman–Crippen LogP) is 2.65. The summed E-state index contributed by atoms with van der Waals surface area (Å²) >= 11 is 1.26. The van der Waals surface area contributed by atoms with Crippen LogP contribution in [0.5, 0.6) is 0 Å². The molecule has 0 aliphatic heterocycles. The molecule has 1 heterocycles. The summed E-state index contributed by atoms with van der Waals surface area (Å²) in [6.07, 6.45) is 1.75. The number of hydrogen-bond acceptors (Lipinski definition) is 4. The fourth-order valence-corrected chi connectivity index (χ4v) is 2.75. The molecule has 0 aliphatic rings. The van der Waals surface area contributed by atoms with Gasteiger partial charge in [0.05, 0.1) is 4.88 Å². The maximum absolute atomic E-state index is 12.7. The third-order valence-corrected chi connectivity index (χ3v) is 4.30. The SMILES string of the molecule is CCCCNC(=O)C(NC(=O)c1cccs1)C(=O)c1ccccc1. The highest BCUT2D eigenvalue weighted by atomic mass is 32.1. The molecule has 1 aromatic carbocycles. The first-order valence-corrected chi connectivity index (χ1v) is 8.72. The van der Waals surface area contributed by atoms with E-state index in [1.807, 2.05) is 6.92 Å². The van der Waals surface area contributed by atoms with Crippen LogP contribution < -0.4 is 10.6 Å². The van der Waals surface area contributed by atoms with Gasteiger partial charge in [0.15, 0.2) is 11.8 Å². The van der Waals surface area contributed by atoms with E-state index < -0.39 is 23.6 Å². The Labute approximate surface area is 145 Å². The topological polar surface area (TPSA) is 75.3 Å². The minimum absolute atomic E-state index is 0.389. The van der Waals surface area contributed by atoms with Gasteiger partial charge < -0.3 is 10.6 Å². The van der Waals surface area contributed by atoms with Gasteiger partial charge in [-0.2, -0.15) is 0 Å². The Kier molecular flexibility index (Phi) is 6.69. The summed E-state index contributed by atoms with van der Waals surface area (Å²) in [6.45, 7) is 2.49. The molecule has 1 atom stereocenters. The van der Waals surface area contributed by atoms with Crippen LogP contribution in [0.2, 0.25) is 0 Å². The molecule has 0 spiro atoms. The van der Waals surface area contributed by atoms with E-state index in [1.165, 1.54) is 11.3 Å². The van der Waals surface area contributed by atoms with E-state index in [4.69, 9.17) is 0 Å². The average molecular weight is 344 g/mol. The molecule has 6 heteroatoms. The van der Waals surface area contributed by atoms with Crippen molar-refractivity contribution in [1.82, 2.24) is 10.6 Å². The molecule has 0 fully saturated rings. The molecule has 0 radical (unpaired) electrons. The molecule has 2 rings (SSSR count). The van der Waals surface area contributed by atoms with Gasteiger partial charge in [0, 0.05) is 12.1 Å². The number of carbonyl (C=O) groups excluding carboxylic acids is 3. The second-order valence-electron chi connectivity index (χ2n) is 5.26. The minimum Gasteiger partial charge on any atom is -0.354 e. The maximum atomic E-state index is 12.7. The fraction of sp³-hybridized carbons (Fsp3) is 0.278. The van der Waals surface area contributed by atoms with Crippen LogP contribution in [0, 0.1) is 0 Å². The van der Waals surface area contributed by atoms with Crippen LogP contribution in [-0.4, -0.2) is 30.2 Å². The van der Waals surface area contributed by atoms with Crippen LogP contribution >= 0.6 is 11.3 Å². The zero-order valence-corrected chi connectivity index (χ0v) is 14.3. The highest BCUT2D eigenvalue weighted by Crippen LogP contribution is 2.10. The van der Waals surface area contributed by atoms with Gasteiger partial charge in [0.25, 0.3) is 11.8 Å². The highest BCUT2D eigenvalue weighted by Gasteiger charge is 2.29. The Balaban J connectivity index is 2.15. The van der Waals surface area contributed by atoms with Gasteiger partial charge in [0.2, 0.25) is 0 Å². The molecule has 5 nitrogen and oxygen atoms in total. The van der Waals surface area contributed by atoms with E-state index in [2.05, 4.69) is 10.6 Å².